The van der Waals surface area contributed by atoms with Crippen LogP contribution in [0.5, 0.6) is 0 Å². The first kappa shape index (κ1) is 22.2. The van der Waals surface area contributed by atoms with Gasteiger partial charge in [0, 0.05) is 22.9 Å². The lowest BCUT2D eigenvalue weighted by Crippen LogP contribution is -2.54. The fraction of sp³-hybridized carbons (Fsp3) is 0.391. The third kappa shape index (κ3) is 3.84. The van der Waals surface area contributed by atoms with Crippen molar-refractivity contribution in [3.05, 3.63) is 52.8 Å². The second-order valence-electron chi connectivity index (χ2n) is 8.38. The number of aromatic amines is 1. The number of aromatic nitrogens is 1. The molecule has 1 fully saturated rings. The zero-order chi connectivity index (χ0) is 23.2. The van der Waals surface area contributed by atoms with Gasteiger partial charge < -0.3 is 30.1 Å². The average Bonchev–Trinajstić information content (AvgIpc) is 3.23. The number of anilines is 1. The molecule has 2 aromatic rings. The summed E-state index contributed by atoms with van der Waals surface area (Å²) in [6, 6.07) is 8.82. The van der Waals surface area contributed by atoms with Crippen LogP contribution in [0.4, 0.5) is 10.5 Å². The molecule has 2 amide bonds. The molecular formula is C23H26N2O7. The van der Waals surface area contributed by atoms with E-state index >= 15 is 0 Å². The molecule has 1 aromatic heterocycles. The van der Waals surface area contributed by atoms with Crippen LogP contribution in [0, 0.1) is 19.8 Å². The molecule has 2 heterocycles. The number of hydrogen-bond donors (Lipinski definition) is 5. The van der Waals surface area contributed by atoms with Crippen molar-refractivity contribution in [3.63, 3.8) is 0 Å². The normalized spacial score (nSPS) is 28.8. The van der Waals surface area contributed by atoms with Crippen molar-refractivity contribution in [3.8, 4) is 0 Å². The smallest absolute Gasteiger partial charge is 0.421 e. The van der Waals surface area contributed by atoms with Crippen LogP contribution in [0.3, 0.4) is 0 Å². The molecule has 0 saturated heterocycles. The molecule has 5 atom stereocenters. The highest BCUT2D eigenvalue weighted by molar-refractivity contribution is 6.41. The molecule has 1 saturated carbocycles. The first-order chi connectivity index (χ1) is 15.2. The van der Waals surface area contributed by atoms with E-state index in [-0.39, 0.29) is 13.0 Å². The molecule has 0 spiro atoms. The second kappa shape index (κ2) is 8.51. The number of carbonyl (C=O) groups is 2. The van der Waals surface area contributed by atoms with Crippen LogP contribution < -0.4 is 4.90 Å². The predicted octanol–water partition coefficient (Wildman–Crippen LogP) is 1.12. The van der Waals surface area contributed by atoms with E-state index in [9.17, 15) is 30.0 Å². The molecule has 32 heavy (non-hydrogen) atoms. The number of nitrogens with zero attached hydrogens (tertiary/aromatic N) is 1. The SMILES string of the molecule is Cc1cc(C)c(C=C2C(=O)N(C(=O)OCC3C[C@@H](O)[C@H](O)[C@@H](O)[C@H]3O)c3ccccc32)[nH]1. The number of rotatable bonds is 3. The standard InChI is InChI=1S/C23H26N2O7/c1-11-7-12(2)24-16(11)9-15-14-5-3-4-6-17(14)25(22(15)30)23(31)32-10-13-8-18(26)20(28)21(29)19(13)27/h3-7,9,13,18-21,24,26-29H,8,10H2,1-2H3/t13?,18-,19+,20+,21+/m1/s1. The first-order valence-corrected chi connectivity index (χ1v) is 10.4. The number of para-hydroxylation sites is 1. The highest BCUT2D eigenvalue weighted by Crippen LogP contribution is 2.38. The van der Waals surface area contributed by atoms with Crippen molar-refractivity contribution in [2.45, 2.75) is 44.7 Å². The van der Waals surface area contributed by atoms with Crippen molar-refractivity contribution < 1.29 is 34.8 Å². The molecule has 0 bridgehead atoms. The van der Waals surface area contributed by atoms with Crippen molar-refractivity contribution in [1.82, 2.24) is 4.98 Å². The molecule has 1 aliphatic heterocycles. The highest BCUT2D eigenvalue weighted by atomic mass is 16.6. The number of aryl methyl sites for hydroxylation is 2. The molecule has 5 N–H and O–H groups in total. The van der Waals surface area contributed by atoms with Crippen molar-refractivity contribution in [2.24, 2.45) is 5.92 Å². The van der Waals surface area contributed by atoms with Gasteiger partial charge in [0.15, 0.2) is 0 Å². The van der Waals surface area contributed by atoms with Crippen LogP contribution in [0.15, 0.2) is 30.3 Å². The Hall–Kier alpha value is -2.98. The monoisotopic (exact) mass is 442 g/mol. The number of H-pyrrole nitrogens is 1. The van der Waals surface area contributed by atoms with Gasteiger partial charge in [-0.2, -0.15) is 0 Å². The van der Waals surface area contributed by atoms with Crippen LogP contribution in [-0.4, -0.2) is 68.4 Å². The molecule has 9 nitrogen and oxygen atoms in total. The maximum Gasteiger partial charge on any atom is 0.421 e. The van der Waals surface area contributed by atoms with Crippen molar-refractivity contribution >= 4 is 29.3 Å². The number of fused-ring (bicyclic) bond motifs is 1. The first-order valence-electron chi connectivity index (χ1n) is 10.4. The van der Waals surface area contributed by atoms with Gasteiger partial charge in [-0.05, 0) is 44.0 Å². The fourth-order valence-corrected chi connectivity index (χ4v) is 4.31. The van der Waals surface area contributed by atoms with Gasteiger partial charge in [-0.3, -0.25) is 4.79 Å². The summed E-state index contributed by atoms with van der Waals surface area (Å²) in [4.78, 5) is 30.2. The number of aliphatic hydroxyl groups excluding tert-OH is 4. The lowest BCUT2D eigenvalue weighted by atomic mass is 9.81. The molecule has 4 rings (SSSR count). The topological polar surface area (TPSA) is 143 Å². The van der Waals surface area contributed by atoms with E-state index in [1.54, 1.807) is 30.3 Å². The Kier molecular flexibility index (Phi) is 5.91. The van der Waals surface area contributed by atoms with Crippen LogP contribution in [-0.2, 0) is 9.53 Å². The van der Waals surface area contributed by atoms with Gasteiger partial charge in [-0.1, -0.05) is 18.2 Å². The van der Waals surface area contributed by atoms with Crippen LogP contribution in [0.2, 0.25) is 0 Å². The Bertz CT molecular complexity index is 1080. The zero-order valence-electron chi connectivity index (χ0n) is 17.7. The second-order valence-corrected chi connectivity index (χ2v) is 8.38. The molecule has 2 aliphatic rings. The van der Waals surface area contributed by atoms with E-state index in [0.29, 0.717) is 16.8 Å². The van der Waals surface area contributed by atoms with Gasteiger partial charge in [-0.25, -0.2) is 9.69 Å². The van der Waals surface area contributed by atoms with Crippen LogP contribution in [0.1, 0.15) is 28.9 Å². The summed E-state index contributed by atoms with van der Waals surface area (Å²) in [5, 5.41) is 39.5. The van der Waals surface area contributed by atoms with Crippen LogP contribution in [0.25, 0.3) is 11.6 Å². The number of carbonyl (C=O) groups excluding carboxylic acids is 2. The Balaban J connectivity index is 1.55. The van der Waals surface area contributed by atoms with Crippen LogP contribution >= 0.6 is 0 Å². The average molecular weight is 442 g/mol. The Morgan fingerprint density at radius 3 is 2.56 bits per heavy atom. The molecular weight excluding hydrogens is 416 g/mol. The summed E-state index contributed by atoms with van der Waals surface area (Å²) in [7, 11) is 0. The largest absolute Gasteiger partial charge is 0.448 e. The van der Waals surface area contributed by atoms with E-state index in [0.717, 1.165) is 21.9 Å². The van der Waals surface area contributed by atoms with E-state index in [1.807, 2.05) is 19.9 Å². The summed E-state index contributed by atoms with van der Waals surface area (Å²) in [5.74, 6) is -1.33. The molecule has 1 unspecified atom stereocenters. The summed E-state index contributed by atoms with van der Waals surface area (Å²) in [6.45, 7) is 3.50. The number of benzene rings is 1. The molecule has 170 valence electrons. The summed E-state index contributed by atoms with van der Waals surface area (Å²) in [6.07, 6.45) is -4.95. The minimum atomic E-state index is -1.56. The van der Waals surface area contributed by atoms with Gasteiger partial charge in [0.1, 0.15) is 12.2 Å². The Morgan fingerprint density at radius 2 is 1.88 bits per heavy atom. The van der Waals surface area contributed by atoms with E-state index < -0.39 is 42.3 Å². The number of imide groups is 1. The highest BCUT2D eigenvalue weighted by Gasteiger charge is 2.43. The lowest BCUT2D eigenvalue weighted by molar-refractivity contribution is -0.163. The number of ether oxygens (including phenoxy) is 1. The maximum absolute atomic E-state index is 13.2. The third-order valence-corrected chi connectivity index (χ3v) is 6.07. The van der Waals surface area contributed by atoms with Crippen molar-refractivity contribution in [1.29, 1.82) is 0 Å². The maximum atomic E-state index is 13.2. The van der Waals surface area contributed by atoms with Gasteiger partial charge in [0.2, 0.25) is 0 Å². The van der Waals surface area contributed by atoms with Gasteiger partial charge >= 0.3 is 6.09 Å². The van der Waals surface area contributed by atoms with E-state index in [2.05, 4.69) is 4.98 Å². The number of aliphatic hydroxyl groups is 4. The minimum absolute atomic E-state index is 0.0617. The predicted molar refractivity (Wildman–Crippen MR) is 116 cm³/mol. The number of amides is 2. The fourth-order valence-electron chi connectivity index (χ4n) is 4.31. The molecule has 1 aliphatic carbocycles. The molecule has 0 radical (unpaired) electrons. The summed E-state index contributed by atoms with van der Waals surface area (Å²) >= 11 is 0. The molecule has 1 aromatic carbocycles. The van der Waals surface area contributed by atoms with Gasteiger partial charge in [0.05, 0.1) is 30.1 Å². The summed E-state index contributed by atoms with van der Waals surface area (Å²) < 4.78 is 5.29. The van der Waals surface area contributed by atoms with E-state index in [1.165, 1.54) is 0 Å². The minimum Gasteiger partial charge on any atom is -0.448 e. The van der Waals surface area contributed by atoms with Crippen molar-refractivity contribution in [2.75, 3.05) is 11.5 Å². The van der Waals surface area contributed by atoms with E-state index in [4.69, 9.17) is 4.74 Å². The lowest BCUT2D eigenvalue weighted by Gasteiger charge is -2.38. The summed E-state index contributed by atoms with van der Waals surface area (Å²) in [5.41, 5.74) is 4.00. The quantitative estimate of drug-likeness (QED) is 0.448. The number of nitrogens with one attached hydrogen (secondary N) is 1. The Labute approximate surface area is 184 Å². The van der Waals surface area contributed by atoms with Gasteiger partial charge in [-0.15, -0.1) is 0 Å². The Morgan fingerprint density at radius 1 is 1.16 bits per heavy atom. The third-order valence-electron chi connectivity index (χ3n) is 6.07. The molecule has 9 heteroatoms. The number of hydrogen-bond acceptors (Lipinski definition) is 7. The zero-order valence-corrected chi connectivity index (χ0v) is 17.7. The van der Waals surface area contributed by atoms with Gasteiger partial charge in [0.25, 0.3) is 5.91 Å².